The average molecular weight is 308 g/mol. The van der Waals surface area contributed by atoms with Gasteiger partial charge in [0.1, 0.15) is 17.8 Å². The van der Waals surface area contributed by atoms with Crippen LogP contribution in [0, 0.1) is 11.3 Å². The highest BCUT2D eigenvalue weighted by Crippen LogP contribution is 2.35. The van der Waals surface area contributed by atoms with Gasteiger partial charge in [0.25, 0.3) is 5.91 Å². The summed E-state index contributed by atoms with van der Waals surface area (Å²) in [6.45, 7) is 0. The number of rotatable bonds is 2. The second-order valence-corrected chi connectivity index (χ2v) is 5.10. The van der Waals surface area contributed by atoms with E-state index in [0.29, 0.717) is 5.03 Å². The van der Waals surface area contributed by atoms with E-state index in [1.807, 2.05) is 53.4 Å². The van der Waals surface area contributed by atoms with Crippen LogP contribution >= 0.6 is 12.6 Å². The van der Waals surface area contributed by atoms with Crippen LogP contribution in [0.1, 0.15) is 11.7 Å². The number of hydrogen-bond donors (Lipinski definition) is 2. The number of aromatic nitrogens is 1. The first kappa shape index (κ1) is 14.2. The van der Waals surface area contributed by atoms with Crippen LogP contribution in [0.3, 0.4) is 0 Å². The van der Waals surface area contributed by atoms with Crippen LogP contribution in [-0.4, -0.2) is 10.9 Å². The summed E-state index contributed by atoms with van der Waals surface area (Å²) >= 11 is 4.42. The van der Waals surface area contributed by atoms with Crippen molar-refractivity contribution in [3.05, 3.63) is 71.0 Å². The number of hydrogen-bond acceptors (Lipinski definition) is 5. The summed E-state index contributed by atoms with van der Waals surface area (Å²) in [6, 6.07) is 15.0. The van der Waals surface area contributed by atoms with Crippen LogP contribution in [0.5, 0.6) is 0 Å². The van der Waals surface area contributed by atoms with Gasteiger partial charge >= 0.3 is 0 Å². The molecule has 108 valence electrons. The summed E-state index contributed by atoms with van der Waals surface area (Å²) in [5.74, 6) is -0.429. The molecule has 6 heteroatoms. The van der Waals surface area contributed by atoms with Gasteiger partial charge in [0.15, 0.2) is 0 Å². The van der Waals surface area contributed by atoms with Crippen molar-refractivity contribution in [3.63, 3.8) is 0 Å². The zero-order chi connectivity index (χ0) is 15.5. The molecule has 1 aromatic carbocycles. The highest BCUT2D eigenvalue weighted by Gasteiger charge is 2.33. The van der Waals surface area contributed by atoms with Crippen molar-refractivity contribution in [2.45, 2.75) is 6.17 Å². The van der Waals surface area contributed by atoms with E-state index in [9.17, 15) is 10.1 Å². The Morgan fingerprint density at radius 1 is 1.18 bits per heavy atom. The Kier molecular flexibility index (Phi) is 3.81. The lowest BCUT2D eigenvalue weighted by Gasteiger charge is -2.37. The van der Waals surface area contributed by atoms with Gasteiger partial charge in [-0.25, -0.2) is 0 Å². The Bertz CT molecular complexity index is 768. The maximum absolute atomic E-state index is 12.1. The molecule has 22 heavy (non-hydrogen) atoms. The third-order valence-corrected chi connectivity index (χ3v) is 3.81. The molecular weight excluding hydrogens is 296 g/mol. The van der Waals surface area contributed by atoms with Gasteiger partial charge in [0, 0.05) is 18.1 Å². The molecule has 2 heterocycles. The number of nitriles is 1. The van der Waals surface area contributed by atoms with Gasteiger partial charge in [-0.1, -0.05) is 18.2 Å². The van der Waals surface area contributed by atoms with Crippen LogP contribution in [0.15, 0.2) is 65.5 Å². The monoisotopic (exact) mass is 308 g/mol. The highest BCUT2D eigenvalue weighted by molar-refractivity contribution is 7.84. The molecule has 1 aliphatic heterocycles. The lowest BCUT2D eigenvalue weighted by Crippen LogP contribution is -2.46. The molecule has 1 amide bonds. The average Bonchev–Trinajstić information content (AvgIpc) is 2.56. The van der Waals surface area contributed by atoms with Gasteiger partial charge in [0.05, 0.1) is 5.03 Å². The first-order chi connectivity index (χ1) is 10.7. The third kappa shape index (κ3) is 2.43. The van der Waals surface area contributed by atoms with Crippen LogP contribution < -0.4 is 10.2 Å². The van der Waals surface area contributed by atoms with Gasteiger partial charge in [0.2, 0.25) is 0 Å². The van der Waals surface area contributed by atoms with E-state index in [1.165, 1.54) is 0 Å². The standard InChI is InChI=1S/C16H12N4OS/c17-10-13-15(21)19-14(11-6-8-18-9-7-11)20(16(13)22)12-4-2-1-3-5-12/h1-9,14,22H,(H,19,21)/t14-/m0/s1. The van der Waals surface area contributed by atoms with Crippen molar-refractivity contribution < 1.29 is 4.79 Å². The number of benzene rings is 1. The zero-order valence-electron chi connectivity index (χ0n) is 11.5. The summed E-state index contributed by atoms with van der Waals surface area (Å²) in [4.78, 5) is 17.9. The lowest BCUT2D eigenvalue weighted by atomic mass is 10.1. The van der Waals surface area contributed by atoms with E-state index in [-0.39, 0.29) is 5.57 Å². The van der Waals surface area contributed by atoms with E-state index in [1.54, 1.807) is 12.4 Å². The van der Waals surface area contributed by atoms with Crippen LogP contribution in [0.2, 0.25) is 0 Å². The summed E-state index contributed by atoms with van der Waals surface area (Å²) in [7, 11) is 0. The van der Waals surface area contributed by atoms with E-state index >= 15 is 0 Å². The van der Waals surface area contributed by atoms with E-state index in [0.717, 1.165) is 11.3 Å². The summed E-state index contributed by atoms with van der Waals surface area (Å²) in [6.07, 6.45) is 2.88. The minimum Gasteiger partial charge on any atom is -0.327 e. The smallest absolute Gasteiger partial charge is 0.266 e. The van der Waals surface area contributed by atoms with Crippen molar-refractivity contribution in [1.82, 2.24) is 10.3 Å². The molecule has 5 nitrogen and oxygen atoms in total. The van der Waals surface area contributed by atoms with Crippen molar-refractivity contribution in [3.8, 4) is 6.07 Å². The molecule has 2 aromatic rings. The number of nitrogens with one attached hydrogen (secondary N) is 1. The Morgan fingerprint density at radius 3 is 2.50 bits per heavy atom. The Hall–Kier alpha value is -2.78. The molecule has 1 aromatic heterocycles. The number of pyridine rings is 1. The van der Waals surface area contributed by atoms with Crippen molar-refractivity contribution in [2.24, 2.45) is 0 Å². The third-order valence-electron chi connectivity index (χ3n) is 3.37. The second kappa shape index (κ2) is 5.92. The molecule has 1 aliphatic rings. The van der Waals surface area contributed by atoms with Gasteiger partial charge in [-0.2, -0.15) is 5.26 Å². The fourth-order valence-corrected chi connectivity index (χ4v) is 2.73. The van der Waals surface area contributed by atoms with Crippen molar-refractivity contribution >= 4 is 24.2 Å². The molecule has 0 radical (unpaired) electrons. The van der Waals surface area contributed by atoms with Crippen LogP contribution in [0.25, 0.3) is 0 Å². The van der Waals surface area contributed by atoms with Gasteiger partial charge in [-0.15, -0.1) is 12.6 Å². The molecule has 1 atom stereocenters. The molecule has 0 aliphatic carbocycles. The van der Waals surface area contributed by atoms with Gasteiger partial charge < -0.3 is 10.2 Å². The molecule has 0 spiro atoms. The van der Waals surface area contributed by atoms with E-state index in [4.69, 9.17) is 0 Å². The van der Waals surface area contributed by atoms with Crippen LogP contribution in [-0.2, 0) is 4.79 Å². The summed E-state index contributed by atoms with van der Waals surface area (Å²) < 4.78 is 0. The quantitative estimate of drug-likeness (QED) is 0.836. The first-order valence-corrected chi connectivity index (χ1v) is 7.05. The Balaban J connectivity index is 2.15. The number of thiol groups is 1. The molecule has 0 bridgehead atoms. The maximum Gasteiger partial charge on any atom is 0.266 e. The number of carbonyl (C=O) groups is 1. The molecule has 0 fully saturated rings. The number of anilines is 1. The van der Waals surface area contributed by atoms with Crippen molar-refractivity contribution in [2.75, 3.05) is 4.90 Å². The molecule has 0 saturated heterocycles. The normalized spacial score (nSPS) is 17.9. The van der Waals surface area contributed by atoms with E-state index in [2.05, 4.69) is 22.9 Å². The largest absolute Gasteiger partial charge is 0.327 e. The SMILES string of the molecule is N#CC1=C(S)N(c2ccccc2)[C@@H](c2ccncc2)NC1=O. The molecule has 0 unspecified atom stereocenters. The predicted octanol–water partition coefficient (Wildman–Crippen LogP) is 2.38. The number of carbonyl (C=O) groups excluding carboxylic acids is 1. The lowest BCUT2D eigenvalue weighted by molar-refractivity contribution is -0.118. The van der Waals surface area contributed by atoms with Gasteiger partial charge in [-0.05, 0) is 29.8 Å². The molecule has 3 rings (SSSR count). The molecular formula is C16H12N4OS. The Labute approximate surface area is 133 Å². The number of para-hydroxylation sites is 1. The molecule has 0 saturated carbocycles. The highest BCUT2D eigenvalue weighted by atomic mass is 32.1. The second-order valence-electron chi connectivity index (χ2n) is 4.67. The number of nitrogens with zero attached hydrogens (tertiary/aromatic N) is 3. The fraction of sp³-hybridized carbons (Fsp3) is 0.0625. The van der Waals surface area contributed by atoms with E-state index < -0.39 is 12.1 Å². The van der Waals surface area contributed by atoms with Crippen molar-refractivity contribution in [1.29, 1.82) is 5.26 Å². The van der Waals surface area contributed by atoms with Crippen LogP contribution in [0.4, 0.5) is 5.69 Å². The zero-order valence-corrected chi connectivity index (χ0v) is 12.4. The maximum atomic E-state index is 12.1. The molecule has 1 N–H and O–H groups in total. The van der Waals surface area contributed by atoms with Gasteiger partial charge in [-0.3, -0.25) is 9.78 Å². The summed E-state index contributed by atoms with van der Waals surface area (Å²) in [5, 5.41) is 12.4. The summed E-state index contributed by atoms with van der Waals surface area (Å²) in [5.41, 5.74) is 1.69. The predicted molar refractivity (Wildman–Crippen MR) is 85.7 cm³/mol. The minimum atomic E-state index is -0.442. The fourth-order valence-electron chi connectivity index (χ4n) is 2.34. The minimum absolute atomic E-state index is 0.00232. The topological polar surface area (TPSA) is 69.0 Å². The number of amides is 1. The first-order valence-electron chi connectivity index (χ1n) is 6.61. The Morgan fingerprint density at radius 2 is 1.86 bits per heavy atom.